The topological polar surface area (TPSA) is 72.7 Å². The van der Waals surface area contributed by atoms with Gasteiger partial charge in [0, 0.05) is 29.9 Å². The van der Waals surface area contributed by atoms with E-state index in [1.54, 1.807) is 6.07 Å². The van der Waals surface area contributed by atoms with E-state index in [1.165, 1.54) is 12.1 Å². The average molecular weight is 278 g/mol. The number of rotatable bonds is 4. The van der Waals surface area contributed by atoms with Crippen LogP contribution >= 0.6 is 0 Å². The molecule has 6 nitrogen and oxygen atoms in total. The first-order valence-corrected chi connectivity index (χ1v) is 6.68. The number of morpholine rings is 1. The van der Waals surface area contributed by atoms with E-state index >= 15 is 0 Å². The maximum Gasteiger partial charge on any atom is 0.270 e. The fourth-order valence-corrected chi connectivity index (χ4v) is 2.49. The van der Waals surface area contributed by atoms with Gasteiger partial charge in [-0.2, -0.15) is 0 Å². The molecule has 0 spiro atoms. The van der Waals surface area contributed by atoms with Gasteiger partial charge < -0.3 is 9.64 Å². The van der Waals surface area contributed by atoms with Gasteiger partial charge in [-0.05, 0) is 19.4 Å². The van der Waals surface area contributed by atoms with Crippen molar-refractivity contribution in [2.75, 3.05) is 18.1 Å². The van der Waals surface area contributed by atoms with E-state index in [1.807, 2.05) is 6.92 Å². The van der Waals surface area contributed by atoms with Crippen molar-refractivity contribution in [1.82, 2.24) is 0 Å². The number of nitro groups is 1. The predicted octanol–water partition coefficient (Wildman–Crippen LogP) is 2.41. The Morgan fingerprint density at radius 2 is 2.30 bits per heavy atom. The lowest BCUT2D eigenvalue weighted by molar-refractivity contribution is -0.384. The Bertz CT molecular complexity index is 518. The summed E-state index contributed by atoms with van der Waals surface area (Å²) in [5, 5.41) is 10.8. The number of nitro benzene ring substituents is 1. The van der Waals surface area contributed by atoms with E-state index in [9.17, 15) is 14.9 Å². The minimum atomic E-state index is -0.490. The summed E-state index contributed by atoms with van der Waals surface area (Å²) < 4.78 is 5.63. The van der Waals surface area contributed by atoms with E-state index in [0.717, 1.165) is 12.1 Å². The Labute approximate surface area is 117 Å². The molecule has 1 heterocycles. The van der Waals surface area contributed by atoms with Crippen molar-refractivity contribution in [3.63, 3.8) is 0 Å². The summed E-state index contributed by atoms with van der Waals surface area (Å²) in [5.41, 5.74) is 1.03. The highest BCUT2D eigenvalue weighted by Gasteiger charge is 2.27. The lowest BCUT2D eigenvalue weighted by atomic mass is 10.1. The van der Waals surface area contributed by atoms with Gasteiger partial charge >= 0.3 is 0 Å². The largest absolute Gasteiger partial charge is 0.375 e. The van der Waals surface area contributed by atoms with Crippen LogP contribution < -0.4 is 4.90 Å². The number of aldehydes is 1. The van der Waals surface area contributed by atoms with Crippen LogP contribution in [-0.2, 0) is 4.74 Å². The van der Waals surface area contributed by atoms with Gasteiger partial charge in [0.2, 0.25) is 0 Å². The molecular weight excluding hydrogens is 260 g/mol. The highest BCUT2D eigenvalue weighted by Crippen LogP contribution is 2.29. The maximum atomic E-state index is 11.2. The number of benzene rings is 1. The Kier molecular flexibility index (Phi) is 4.34. The lowest BCUT2D eigenvalue weighted by Gasteiger charge is -2.40. The SMILES string of the molecule is CCC1COC(C)CN1c1ccc([N+](=O)[O-])cc1C=O. The fraction of sp³-hybridized carbons (Fsp3) is 0.500. The highest BCUT2D eigenvalue weighted by molar-refractivity contribution is 5.86. The van der Waals surface area contributed by atoms with Crippen LogP contribution in [0, 0.1) is 10.1 Å². The van der Waals surface area contributed by atoms with Gasteiger partial charge in [0.15, 0.2) is 6.29 Å². The summed E-state index contributed by atoms with van der Waals surface area (Å²) in [6, 6.07) is 4.61. The molecule has 1 fully saturated rings. The fourth-order valence-electron chi connectivity index (χ4n) is 2.49. The van der Waals surface area contributed by atoms with Gasteiger partial charge in [-0.1, -0.05) is 6.92 Å². The predicted molar refractivity (Wildman–Crippen MR) is 75.3 cm³/mol. The molecule has 0 aromatic heterocycles. The lowest BCUT2D eigenvalue weighted by Crippen LogP contribution is -2.49. The smallest absolute Gasteiger partial charge is 0.270 e. The number of anilines is 1. The quantitative estimate of drug-likeness (QED) is 0.480. The molecule has 2 unspecified atom stereocenters. The molecule has 2 atom stereocenters. The standard InChI is InChI=1S/C14H18N2O4/c1-3-12-9-20-10(2)7-15(12)14-5-4-13(16(18)19)6-11(14)8-17/h4-6,8,10,12H,3,7,9H2,1-2H3. The molecule has 0 saturated carbocycles. The Morgan fingerprint density at radius 1 is 1.55 bits per heavy atom. The van der Waals surface area contributed by atoms with Gasteiger partial charge in [0.05, 0.1) is 23.7 Å². The van der Waals surface area contributed by atoms with Crippen molar-refractivity contribution in [1.29, 1.82) is 0 Å². The number of hydrogen-bond donors (Lipinski definition) is 0. The van der Waals surface area contributed by atoms with Crippen LogP contribution in [0.15, 0.2) is 18.2 Å². The summed E-state index contributed by atoms with van der Waals surface area (Å²) in [6.45, 7) is 5.32. The van der Waals surface area contributed by atoms with Crippen LogP contribution in [0.25, 0.3) is 0 Å². The molecule has 0 N–H and O–H groups in total. The van der Waals surface area contributed by atoms with Gasteiger partial charge in [0.1, 0.15) is 0 Å². The number of ether oxygens (including phenoxy) is 1. The van der Waals surface area contributed by atoms with E-state index < -0.39 is 4.92 Å². The molecule has 1 aromatic carbocycles. The number of hydrogen-bond acceptors (Lipinski definition) is 5. The molecule has 0 bridgehead atoms. The van der Waals surface area contributed by atoms with Crippen molar-refractivity contribution >= 4 is 17.7 Å². The van der Waals surface area contributed by atoms with Crippen molar-refractivity contribution in [3.8, 4) is 0 Å². The first kappa shape index (κ1) is 14.5. The number of non-ortho nitro benzene ring substituents is 1. The van der Waals surface area contributed by atoms with Gasteiger partial charge in [0.25, 0.3) is 5.69 Å². The molecule has 20 heavy (non-hydrogen) atoms. The Hall–Kier alpha value is -1.95. The van der Waals surface area contributed by atoms with Crippen molar-refractivity contribution in [2.45, 2.75) is 32.4 Å². The second-order valence-electron chi connectivity index (χ2n) is 4.98. The molecule has 1 aliphatic rings. The number of carbonyl (C=O) groups is 1. The van der Waals surface area contributed by atoms with Crippen LogP contribution in [0.3, 0.4) is 0 Å². The van der Waals surface area contributed by atoms with E-state index in [4.69, 9.17) is 4.74 Å². The zero-order valence-corrected chi connectivity index (χ0v) is 11.6. The summed E-state index contributed by atoms with van der Waals surface area (Å²) in [4.78, 5) is 23.6. The molecule has 1 saturated heterocycles. The molecular formula is C14H18N2O4. The summed E-state index contributed by atoms with van der Waals surface area (Å²) in [5.74, 6) is 0. The first-order chi connectivity index (χ1) is 9.56. The Balaban J connectivity index is 2.39. The van der Waals surface area contributed by atoms with Crippen molar-refractivity contribution < 1.29 is 14.5 Å². The molecule has 108 valence electrons. The monoisotopic (exact) mass is 278 g/mol. The molecule has 0 aliphatic carbocycles. The van der Waals surface area contributed by atoms with Crippen LogP contribution in [0.2, 0.25) is 0 Å². The highest BCUT2D eigenvalue weighted by atomic mass is 16.6. The van der Waals surface area contributed by atoms with E-state index in [2.05, 4.69) is 11.8 Å². The second-order valence-corrected chi connectivity index (χ2v) is 4.98. The maximum absolute atomic E-state index is 11.2. The summed E-state index contributed by atoms with van der Waals surface area (Å²) in [7, 11) is 0. The van der Waals surface area contributed by atoms with Gasteiger partial charge in [-0.15, -0.1) is 0 Å². The van der Waals surface area contributed by atoms with Crippen LogP contribution in [-0.4, -0.2) is 36.5 Å². The van der Waals surface area contributed by atoms with Crippen LogP contribution in [0.4, 0.5) is 11.4 Å². The summed E-state index contributed by atoms with van der Waals surface area (Å²) in [6.07, 6.45) is 1.64. The molecule has 6 heteroatoms. The van der Waals surface area contributed by atoms with Crippen LogP contribution in [0.5, 0.6) is 0 Å². The summed E-state index contributed by atoms with van der Waals surface area (Å²) >= 11 is 0. The molecule has 0 radical (unpaired) electrons. The third-order valence-electron chi connectivity index (χ3n) is 3.60. The van der Waals surface area contributed by atoms with Gasteiger partial charge in [-0.25, -0.2) is 0 Å². The molecule has 2 rings (SSSR count). The third-order valence-corrected chi connectivity index (χ3v) is 3.60. The van der Waals surface area contributed by atoms with Crippen molar-refractivity contribution in [2.24, 2.45) is 0 Å². The molecule has 1 aromatic rings. The second kappa shape index (κ2) is 6.00. The molecule has 0 amide bonds. The van der Waals surface area contributed by atoms with E-state index in [0.29, 0.717) is 25.0 Å². The number of carbonyl (C=O) groups excluding carboxylic acids is 1. The van der Waals surface area contributed by atoms with E-state index in [-0.39, 0.29) is 17.8 Å². The Morgan fingerprint density at radius 3 is 2.90 bits per heavy atom. The zero-order chi connectivity index (χ0) is 14.7. The normalized spacial score (nSPS) is 22.6. The molecule has 1 aliphatic heterocycles. The first-order valence-electron chi connectivity index (χ1n) is 6.68. The van der Waals surface area contributed by atoms with Crippen molar-refractivity contribution in [3.05, 3.63) is 33.9 Å². The zero-order valence-electron chi connectivity index (χ0n) is 11.6. The third kappa shape index (κ3) is 2.80. The number of nitrogens with zero attached hydrogens (tertiary/aromatic N) is 2. The average Bonchev–Trinajstić information content (AvgIpc) is 2.46. The van der Waals surface area contributed by atoms with Crippen LogP contribution in [0.1, 0.15) is 30.6 Å². The minimum absolute atomic E-state index is 0.0646. The van der Waals surface area contributed by atoms with Gasteiger partial charge in [-0.3, -0.25) is 14.9 Å². The minimum Gasteiger partial charge on any atom is -0.375 e.